The number of benzene rings is 2. The molecule has 0 unspecified atom stereocenters. The van der Waals surface area contributed by atoms with E-state index in [9.17, 15) is 14.7 Å². The number of Topliss-reactive ketones (excluding diaryl/α,β-unsaturated/α-hetero) is 1. The van der Waals surface area contributed by atoms with Crippen molar-refractivity contribution in [3.8, 4) is 17.2 Å². The number of aliphatic hydroxyl groups excluding tert-OH is 1. The van der Waals surface area contributed by atoms with Crippen molar-refractivity contribution >= 4 is 29.1 Å². The number of carbonyl (C=O) groups excluding carboxylic acids is 2. The van der Waals surface area contributed by atoms with Crippen LogP contribution in [0.5, 0.6) is 17.2 Å². The molecule has 1 heterocycles. The zero-order valence-electron chi connectivity index (χ0n) is 21.3. The predicted molar refractivity (Wildman–Crippen MR) is 139 cm³/mol. The zero-order valence-corrected chi connectivity index (χ0v) is 22.1. The highest BCUT2D eigenvalue weighted by molar-refractivity contribution is 6.46. The van der Waals surface area contributed by atoms with Crippen LogP contribution in [-0.4, -0.2) is 73.6 Å². The van der Waals surface area contributed by atoms with Crippen LogP contribution in [0.3, 0.4) is 0 Å². The monoisotopic (exact) mass is 516 g/mol. The molecule has 0 radical (unpaired) electrons. The molecule has 2 aromatic carbocycles. The van der Waals surface area contributed by atoms with E-state index in [4.69, 9.17) is 25.8 Å². The van der Waals surface area contributed by atoms with Crippen molar-refractivity contribution in [3.05, 3.63) is 58.1 Å². The Morgan fingerprint density at radius 1 is 1.00 bits per heavy atom. The van der Waals surface area contributed by atoms with Crippen molar-refractivity contribution in [2.24, 2.45) is 0 Å². The summed E-state index contributed by atoms with van der Waals surface area (Å²) in [6, 6.07) is 9.15. The number of aliphatic hydroxyl groups is 1. The van der Waals surface area contributed by atoms with Gasteiger partial charge in [-0.25, -0.2) is 0 Å². The summed E-state index contributed by atoms with van der Waals surface area (Å²) in [6.07, 6.45) is 0. The second-order valence-corrected chi connectivity index (χ2v) is 8.62. The first-order valence-corrected chi connectivity index (χ1v) is 12.3. The van der Waals surface area contributed by atoms with E-state index < -0.39 is 17.7 Å². The number of methoxy groups -OCH3 is 2. The van der Waals surface area contributed by atoms with Gasteiger partial charge in [0.2, 0.25) is 0 Å². The van der Waals surface area contributed by atoms with Crippen LogP contribution in [0.15, 0.2) is 42.0 Å². The first kappa shape index (κ1) is 27.4. The number of ketones is 1. The van der Waals surface area contributed by atoms with E-state index in [0.717, 1.165) is 13.1 Å². The van der Waals surface area contributed by atoms with Gasteiger partial charge in [0.1, 0.15) is 11.5 Å². The lowest BCUT2D eigenvalue weighted by Gasteiger charge is -2.28. The highest BCUT2D eigenvalue weighted by Crippen LogP contribution is 2.42. The number of hydrogen-bond acceptors (Lipinski definition) is 7. The number of hydrogen-bond donors (Lipinski definition) is 1. The Bertz CT molecular complexity index is 1150. The molecule has 1 aliphatic heterocycles. The third-order valence-corrected chi connectivity index (χ3v) is 6.62. The maximum absolute atomic E-state index is 13.3. The summed E-state index contributed by atoms with van der Waals surface area (Å²) in [7, 11) is 3.05. The first-order chi connectivity index (χ1) is 17.3. The van der Waals surface area contributed by atoms with Gasteiger partial charge in [0.05, 0.1) is 37.5 Å². The Labute approximate surface area is 217 Å². The summed E-state index contributed by atoms with van der Waals surface area (Å²) in [6.45, 7) is 8.87. The standard InChI is InChI=1S/C27H33ClN2O6/c1-6-29(7-2)13-14-30-24(17-9-12-21(34-4)22(16-17)35-5)23(26(32)27(30)33)25(31)18-10-11-20(36-8-3)19(28)15-18/h9-12,15-16,24,31H,6-8,13-14H2,1-5H3/t24-/m0/s1. The van der Waals surface area contributed by atoms with E-state index in [0.29, 0.717) is 53.1 Å². The molecule has 3 rings (SSSR count). The van der Waals surface area contributed by atoms with Crippen LogP contribution in [-0.2, 0) is 9.59 Å². The van der Waals surface area contributed by atoms with Gasteiger partial charge in [0.25, 0.3) is 11.7 Å². The predicted octanol–water partition coefficient (Wildman–Crippen LogP) is 4.52. The normalized spacial score (nSPS) is 17.1. The Kier molecular flexibility index (Phi) is 9.23. The molecule has 0 aliphatic carbocycles. The van der Waals surface area contributed by atoms with Gasteiger partial charge in [-0.2, -0.15) is 0 Å². The van der Waals surface area contributed by atoms with Crippen LogP contribution >= 0.6 is 11.6 Å². The fraction of sp³-hybridized carbons (Fsp3) is 0.407. The molecular formula is C27H33ClN2O6. The van der Waals surface area contributed by atoms with E-state index >= 15 is 0 Å². The summed E-state index contributed by atoms with van der Waals surface area (Å²) in [5, 5.41) is 11.6. The average Bonchev–Trinajstić information content (AvgIpc) is 3.14. The van der Waals surface area contributed by atoms with Crippen LogP contribution in [0.1, 0.15) is 37.9 Å². The molecule has 9 heteroatoms. The van der Waals surface area contributed by atoms with Gasteiger partial charge < -0.3 is 29.1 Å². The Hall–Kier alpha value is -3.23. The molecule has 36 heavy (non-hydrogen) atoms. The fourth-order valence-electron chi connectivity index (χ4n) is 4.35. The number of likely N-dealkylation sites (N-methyl/N-ethyl adjacent to an activating group) is 1. The number of ether oxygens (including phenoxy) is 3. The summed E-state index contributed by atoms with van der Waals surface area (Å²) >= 11 is 6.34. The van der Waals surface area contributed by atoms with E-state index in [2.05, 4.69) is 4.90 Å². The smallest absolute Gasteiger partial charge is 0.295 e. The lowest BCUT2D eigenvalue weighted by Crippen LogP contribution is -2.38. The molecule has 1 fully saturated rings. The van der Waals surface area contributed by atoms with E-state index in [-0.39, 0.29) is 11.3 Å². The molecule has 1 N–H and O–H groups in total. The van der Waals surface area contributed by atoms with Crippen LogP contribution in [0.2, 0.25) is 5.02 Å². The van der Waals surface area contributed by atoms with Crippen molar-refractivity contribution in [1.82, 2.24) is 9.80 Å². The zero-order chi connectivity index (χ0) is 26.4. The van der Waals surface area contributed by atoms with Crippen molar-refractivity contribution in [1.29, 1.82) is 0 Å². The molecule has 0 aromatic heterocycles. The maximum atomic E-state index is 13.3. The van der Waals surface area contributed by atoms with Gasteiger partial charge in [-0.05, 0) is 55.9 Å². The van der Waals surface area contributed by atoms with Crippen molar-refractivity contribution < 1.29 is 28.9 Å². The minimum Gasteiger partial charge on any atom is -0.507 e. The average molecular weight is 517 g/mol. The molecular weight excluding hydrogens is 484 g/mol. The van der Waals surface area contributed by atoms with E-state index in [1.54, 1.807) is 30.3 Å². The summed E-state index contributed by atoms with van der Waals surface area (Å²) in [5.41, 5.74) is 0.924. The summed E-state index contributed by atoms with van der Waals surface area (Å²) in [4.78, 5) is 30.2. The quantitative estimate of drug-likeness (QED) is 0.267. The number of rotatable bonds is 11. The Morgan fingerprint density at radius 2 is 1.67 bits per heavy atom. The molecule has 1 aliphatic rings. The van der Waals surface area contributed by atoms with Gasteiger partial charge in [0.15, 0.2) is 11.5 Å². The number of halogens is 1. The number of likely N-dealkylation sites (tertiary alicyclic amines) is 1. The molecule has 8 nitrogen and oxygen atoms in total. The highest BCUT2D eigenvalue weighted by Gasteiger charge is 2.46. The molecule has 1 saturated heterocycles. The van der Waals surface area contributed by atoms with Crippen LogP contribution in [0, 0.1) is 0 Å². The lowest BCUT2D eigenvalue weighted by molar-refractivity contribution is -0.140. The molecule has 1 atom stereocenters. The van der Waals surface area contributed by atoms with Gasteiger partial charge in [-0.3, -0.25) is 9.59 Å². The second kappa shape index (κ2) is 12.1. The summed E-state index contributed by atoms with van der Waals surface area (Å²) < 4.78 is 16.3. The van der Waals surface area contributed by atoms with Crippen LogP contribution < -0.4 is 14.2 Å². The lowest BCUT2D eigenvalue weighted by atomic mass is 9.95. The largest absolute Gasteiger partial charge is 0.507 e. The molecule has 0 saturated carbocycles. The van der Waals surface area contributed by atoms with E-state index in [1.807, 2.05) is 20.8 Å². The Morgan fingerprint density at radius 3 is 2.25 bits per heavy atom. The third kappa shape index (κ3) is 5.44. The minimum absolute atomic E-state index is 0.00741. The Balaban J connectivity index is 2.15. The molecule has 0 bridgehead atoms. The van der Waals surface area contributed by atoms with Crippen molar-refractivity contribution in [2.45, 2.75) is 26.8 Å². The fourth-order valence-corrected chi connectivity index (χ4v) is 4.58. The minimum atomic E-state index is -0.814. The van der Waals surface area contributed by atoms with E-state index in [1.165, 1.54) is 25.2 Å². The van der Waals surface area contributed by atoms with Crippen LogP contribution in [0.4, 0.5) is 0 Å². The second-order valence-electron chi connectivity index (χ2n) is 8.21. The molecule has 194 valence electrons. The van der Waals surface area contributed by atoms with Gasteiger partial charge >= 0.3 is 0 Å². The van der Waals surface area contributed by atoms with Crippen molar-refractivity contribution in [3.63, 3.8) is 0 Å². The number of nitrogens with zero attached hydrogens (tertiary/aromatic N) is 2. The van der Waals surface area contributed by atoms with Crippen LogP contribution in [0.25, 0.3) is 5.76 Å². The third-order valence-electron chi connectivity index (χ3n) is 6.32. The molecule has 0 spiro atoms. The SMILES string of the molecule is CCOc1ccc(C(O)=C2C(=O)C(=O)N(CCN(CC)CC)[C@H]2c2ccc(OC)c(OC)c2)cc1Cl. The number of amides is 1. The summed E-state index contributed by atoms with van der Waals surface area (Å²) in [5.74, 6) is -0.291. The highest BCUT2D eigenvalue weighted by atomic mass is 35.5. The van der Waals surface area contributed by atoms with Gasteiger partial charge in [0, 0.05) is 18.7 Å². The number of carbonyl (C=O) groups is 2. The van der Waals surface area contributed by atoms with Gasteiger partial charge in [-0.1, -0.05) is 31.5 Å². The first-order valence-electron chi connectivity index (χ1n) is 12.0. The maximum Gasteiger partial charge on any atom is 0.295 e. The topological polar surface area (TPSA) is 88.5 Å². The van der Waals surface area contributed by atoms with Gasteiger partial charge in [-0.15, -0.1) is 0 Å². The molecule has 1 amide bonds. The molecule has 2 aromatic rings. The van der Waals surface area contributed by atoms with Crippen molar-refractivity contribution in [2.75, 3.05) is 47.0 Å².